The van der Waals surface area contributed by atoms with Crippen LogP contribution in [-0.2, 0) is 6.42 Å². The number of halogens is 2. The van der Waals surface area contributed by atoms with Crippen LogP contribution in [0.5, 0.6) is 0 Å². The summed E-state index contributed by atoms with van der Waals surface area (Å²) in [6.45, 7) is 1.93. The lowest BCUT2D eigenvalue weighted by Gasteiger charge is -2.15. The summed E-state index contributed by atoms with van der Waals surface area (Å²) in [5.74, 6) is -0.313. The molecule has 4 heteroatoms. The van der Waals surface area contributed by atoms with Gasteiger partial charge in [0.05, 0.1) is 12.3 Å². The van der Waals surface area contributed by atoms with Crippen molar-refractivity contribution in [1.82, 2.24) is 5.32 Å². The molecule has 0 aliphatic carbocycles. The Morgan fingerprint density at radius 3 is 2.61 bits per heavy atom. The summed E-state index contributed by atoms with van der Waals surface area (Å²) in [6, 6.07) is 5.37. The van der Waals surface area contributed by atoms with Gasteiger partial charge in [-0.25, -0.2) is 8.78 Å². The molecule has 1 heterocycles. The summed E-state index contributed by atoms with van der Waals surface area (Å²) in [4.78, 5) is 0. The second kappa shape index (κ2) is 5.31. The van der Waals surface area contributed by atoms with Crippen molar-refractivity contribution in [3.05, 3.63) is 59.1 Å². The predicted molar refractivity (Wildman–Crippen MR) is 65.3 cm³/mol. The monoisotopic (exact) mass is 251 g/mol. The average Bonchev–Trinajstić information content (AvgIpc) is 2.75. The molecule has 0 amide bonds. The fourth-order valence-electron chi connectivity index (χ4n) is 1.97. The van der Waals surface area contributed by atoms with Crippen LogP contribution in [-0.4, -0.2) is 7.05 Å². The molecule has 0 bridgehead atoms. The van der Waals surface area contributed by atoms with Crippen LogP contribution >= 0.6 is 0 Å². The van der Waals surface area contributed by atoms with Crippen molar-refractivity contribution >= 4 is 0 Å². The second-order valence-corrected chi connectivity index (χ2v) is 4.25. The standard InChI is InChI=1S/C14H15F2NO/c1-9-5-6-18-14(9)13(17-2)7-10-3-4-11(15)8-12(10)16/h3-6,8,13,17H,7H2,1-2H3. The van der Waals surface area contributed by atoms with E-state index in [1.165, 1.54) is 12.1 Å². The van der Waals surface area contributed by atoms with Gasteiger partial charge in [0.2, 0.25) is 0 Å². The van der Waals surface area contributed by atoms with E-state index in [4.69, 9.17) is 4.42 Å². The topological polar surface area (TPSA) is 25.2 Å². The first-order valence-electron chi connectivity index (χ1n) is 5.77. The van der Waals surface area contributed by atoms with Crippen LogP contribution in [0.1, 0.15) is 22.9 Å². The van der Waals surface area contributed by atoms with Gasteiger partial charge in [0.25, 0.3) is 0 Å². The average molecular weight is 251 g/mol. The Morgan fingerprint density at radius 1 is 1.28 bits per heavy atom. The molecule has 2 rings (SSSR count). The smallest absolute Gasteiger partial charge is 0.129 e. The maximum Gasteiger partial charge on any atom is 0.129 e. The number of rotatable bonds is 4. The van der Waals surface area contributed by atoms with Gasteiger partial charge >= 0.3 is 0 Å². The minimum atomic E-state index is -0.563. The van der Waals surface area contributed by atoms with E-state index < -0.39 is 11.6 Å². The summed E-state index contributed by atoms with van der Waals surface area (Å²) in [6.07, 6.45) is 2.02. The van der Waals surface area contributed by atoms with E-state index in [0.717, 1.165) is 17.4 Å². The Balaban J connectivity index is 2.23. The zero-order valence-corrected chi connectivity index (χ0v) is 10.3. The molecule has 0 radical (unpaired) electrons. The quantitative estimate of drug-likeness (QED) is 0.901. The Kier molecular flexibility index (Phi) is 3.77. The van der Waals surface area contributed by atoms with Crippen molar-refractivity contribution in [3.63, 3.8) is 0 Å². The summed E-state index contributed by atoms with van der Waals surface area (Å²) >= 11 is 0. The molecule has 96 valence electrons. The van der Waals surface area contributed by atoms with Gasteiger partial charge in [-0.1, -0.05) is 6.07 Å². The Labute approximate surface area is 105 Å². The maximum atomic E-state index is 13.6. The number of benzene rings is 1. The van der Waals surface area contributed by atoms with E-state index in [2.05, 4.69) is 5.32 Å². The van der Waals surface area contributed by atoms with E-state index in [0.29, 0.717) is 12.0 Å². The molecule has 18 heavy (non-hydrogen) atoms. The highest BCUT2D eigenvalue weighted by Crippen LogP contribution is 2.23. The van der Waals surface area contributed by atoms with Crippen molar-refractivity contribution in [2.45, 2.75) is 19.4 Å². The SMILES string of the molecule is CNC(Cc1ccc(F)cc1F)c1occc1C. The molecule has 0 aliphatic heterocycles. The lowest BCUT2D eigenvalue weighted by atomic mass is 10.0. The van der Waals surface area contributed by atoms with E-state index in [1.807, 2.05) is 13.0 Å². The second-order valence-electron chi connectivity index (χ2n) is 4.25. The molecule has 2 aromatic rings. The molecule has 0 fully saturated rings. The number of aryl methyl sites for hydroxylation is 1. The molecule has 1 aromatic carbocycles. The molecule has 1 aromatic heterocycles. The van der Waals surface area contributed by atoms with Crippen molar-refractivity contribution in [2.24, 2.45) is 0 Å². The number of likely N-dealkylation sites (N-methyl/N-ethyl adjacent to an activating group) is 1. The lowest BCUT2D eigenvalue weighted by molar-refractivity contribution is 0.422. The zero-order valence-electron chi connectivity index (χ0n) is 10.3. The van der Waals surface area contributed by atoms with Crippen molar-refractivity contribution < 1.29 is 13.2 Å². The van der Waals surface area contributed by atoms with Crippen LogP contribution in [0.15, 0.2) is 34.9 Å². The first-order chi connectivity index (χ1) is 8.61. The van der Waals surface area contributed by atoms with Gasteiger partial charge in [-0.2, -0.15) is 0 Å². The Bertz CT molecular complexity index is 536. The largest absolute Gasteiger partial charge is 0.467 e. The highest BCUT2D eigenvalue weighted by molar-refractivity contribution is 5.24. The van der Waals surface area contributed by atoms with Gasteiger partial charge in [0.1, 0.15) is 17.4 Å². The lowest BCUT2D eigenvalue weighted by Crippen LogP contribution is -2.19. The van der Waals surface area contributed by atoms with Gasteiger partial charge < -0.3 is 9.73 Å². The number of hydrogen-bond donors (Lipinski definition) is 1. The van der Waals surface area contributed by atoms with Gasteiger partial charge in [0, 0.05) is 6.07 Å². The van der Waals surface area contributed by atoms with Crippen molar-refractivity contribution in [3.8, 4) is 0 Å². The Hall–Kier alpha value is -1.68. The molecule has 1 N–H and O–H groups in total. The fraction of sp³-hybridized carbons (Fsp3) is 0.286. The Morgan fingerprint density at radius 2 is 2.06 bits per heavy atom. The van der Waals surface area contributed by atoms with E-state index in [9.17, 15) is 8.78 Å². The van der Waals surface area contributed by atoms with E-state index in [1.54, 1.807) is 13.3 Å². The van der Waals surface area contributed by atoms with Crippen LogP contribution in [0.2, 0.25) is 0 Å². The molecular weight excluding hydrogens is 236 g/mol. The van der Waals surface area contributed by atoms with Gasteiger partial charge in [-0.05, 0) is 43.7 Å². The van der Waals surface area contributed by atoms with Crippen molar-refractivity contribution in [2.75, 3.05) is 7.05 Å². The predicted octanol–water partition coefficient (Wildman–Crippen LogP) is 3.37. The third-order valence-electron chi connectivity index (χ3n) is 3.01. The van der Waals surface area contributed by atoms with Crippen LogP contribution in [0.4, 0.5) is 8.78 Å². The van der Waals surface area contributed by atoms with E-state index in [-0.39, 0.29) is 6.04 Å². The molecule has 0 saturated heterocycles. The van der Waals surface area contributed by atoms with Gasteiger partial charge in [-0.3, -0.25) is 0 Å². The number of hydrogen-bond acceptors (Lipinski definition) is 2. The first-order valence-corrected chi connectivity index (χ1v) is 5.77. The maximum absolute atomic E-state index is 13.6. The summed E-state index contributed by atoms with van der Waals surface area (Å²) in [5, 5.41) is 3.08. The highest BCUT2D eigenvalue weighted by Gasteiger charge is 2.17. The third-order valence-corrected chi connectivity index (χ3v) is 3.01. The minimum Gasteiger partial charge on any atom is -0.467 e. The van der Waals surface area contributed by atoms with Crippen LogP contribution in [0, 0.1) is 18.6 Å². The van der Waals surface area contributed by atoms with E-state index >= 15 is 0 Å². The van der Waals surface area contributed by atoms with Gasteiger partial charge in [0.15, 0.2) is 0 Å². The van der Waals surface area contributed by atoms with Crippen LogP contribution < -0.4 is 5.32 Å². The molecule has 0 spiro atoms. The molecule has 0 saturated carbocycles. The summed E-state index contributed by atoms with van der Waals surface area (Å²) in [7, 11) is 1.79. The first kappa shape index (κ1) is 12.8. The fourth-order valence-corrected chi connectivity index (χ4v) is 1.97. The highest BCUT2D eigenvalue weighted by atomic mass is 19.1. The summed E-state index contributed by atoms with van der Waals surface area (Å²) < 4.78 is 31.8. The number of furan rings is 1. The van der Waals surface area contributed by atoms with Crippen molar-refractivity contribution in [1.29, 1.82) is 0 Å². The van der Waals surface area contributed by atoms with Crippen LogP contribution in [0.25, 0.3) is 0 Å². The molecular formula is C14H15F2NO. The summed E-state index contributed by atoms with van der Waals surface area (Å²) in [5.41, 5.74) is 1.48. The van der Waals surface area contributed by atoms with Crippen LogP contribution in [0.3, 0.4) is 0 Å². The zero-order chi connectivity index (χ0) is 13.1. The number of nitrogens with one attached hydrogen (secondary N) is 1. The normalized spacial score (nSPS) is 12.7. The molecule has 2 nitrogen and oxygen atoms in total. The minimum absolute atomic E-state index is 0.125. The molecule has 1 atom stereocenters. The third kappa shape index (κ3) is 2.59. The molecule has 1 unspecified atom stereocenters. The van der Waals surface area contributed by atoms with Gasteiger partial charge in [-0.15, -0.1) is 0 Å². The molecule has 0 aliphatic rings.